The zero-order chi connectivity index (χ0) is 20.7. The van der Waals surface area contributed by atoms with E-state index in [2.05, 4.69) is 5.32 Å². The second-order valence-electron chi connectivity index (χ2n) is 6.35. The van der Waals surface area contributed by atoms with Gasteiger partial charge in [0.15, 0.2) is 30.5 Å². The summed E-state index contributed by atoms with van der Waals surface area (Å²) in [7, 11) is 1.66. The van der Waals surface area contributed by atoms with Gasteiger partial charge in [-0.15, -0.1) is 0 Å². The fourth-order valence-corrected chi connectivity index (χ4v) is 2.58. The van der Waals surface area contributed by atoms with Crippen LogP contribution in [0.2, 0.25) is 0 Å². The Morgan fingerprint density at radius 3 is 2.43 bits per heavy atom. The first-order valence-corrected chi connectivity index (χ1v) is 8.64. The largest absolute Gasteiger partial charge is 0.378 e. The van der Waals surface area contributed by atoms with E-state index in [1.807, 2.05) is 5.32 Å². The molecule has 1 fully saturated rings. The molecule has 1 aromatic rings. The lowest BCUT2D eigenvalue weighted by Crippen LogP contribution is -3.11. The summed E-state index contributed by atoms with van der Waals surface area (Å²) >= 11 is 0. The lowest BCUT2D eigenvalue weighted by atomic mass is 10.2. The molecule has 0 spiro atoms. The van der Waals surface area contributed by atoms with Crippen LogP contribution in [0.3, 0.4) is 0 Å². The molecule has 0 aliphatic carbocycles. The lowest BCUT2D eigenvalue weighted by Gasteiger charge is -2.27. The van der Waals surface area contributed by atoms with Gasteiger partial charge in [0.05, 0.1) is 32.5 Å². The zero-order valence-corrected chi connectivity index (χ0v) is 15.3. The Labute approximate surface area is 159 Å². The normalized spacial score (nSPS) is 15.1. The van der Waals surface area contributed by atoms with Crippen LogP contribution in [0.5, 0.6) is 0 Å². The highest BCUT2D eigenvalue weighted by molar-refractivity contribution is 5.94. The van der Waals surface area contributed by atoms with E-state index in [0.717, 1.165) is 6.07 Å². The Hall–Kier alpha value is -2.66. The molecular formula is C17H22F3N4O4+. The number of nitrogens with one attached hydrogen (secondary N) is 3. The van der Waals surface area contributed by atoms with E-state index >= 15 is 0 Å². The van der Waals surface area contributed by atoms with Crippen LogP contribution in [0.1, 0.15) is 0 Å². The van der Waals surface area contributed by atoms with Crippen molar-refractivity contribution in [2.45, 2.75) is 0 Å². The molecule has 0 bridgehead atoms. The van der Waals surface area contributed by atoms with E-state index in [1.165, 1.54) is 0 Å². The molecule has 1 aliphatic rings. The minimum Gasteiger partial charge on any atom is -0.378 e. The van der Waals surface area contributed by atoms with Crippen molar-refractivity contribution < 1.29 is 37.2 Å². The number of carbonyl (C=O) groups is 3. The quantitative estimate of drug-likeness (QED) is 0.485. The van der Waals surface area contributed by atoms with Crippen LogP contribution in [-0.4, -0.2) is 75.6 Å². The van der Waals surface area contributed by atoms with Gasteiger partial charge in [-0.25, -0.2) is 13.2 Å². The average molecular weight is 403 g/mol. The molecule has 8 nitrogen and oxygen atoms in total. The number of amides is 3. The third-order valence-electron chi connectivity index (χ3n) is 4.03. The van der Waals surface area contributed by atoms with Gasteiger partial charge in [0.2, 0.25) is 5.91 Å². The van der Waals surface area contributed by atoms with Crippen LogP contribution in [0.4, 0.5) is 18.9 Å². The van der Waals surface area contributed by atoms with E-state index in [0.29, 0.717) is 37.3 Å². The van der Waals surface area contributed by atoms with E-state index in [-0.39, 0.29) is 19.0 Å². The molecule has 1 atom stereocenters. The molecule has 1 heterocycles. The van der Waals surface area contributed by atoms with Crippen molar-refractivity contribution in [3.63, 3.8) is 0 Å². The molecular weight excluding hydrogens is 381 g/mol. The lowest BCUT2D eigenvalue weighted by molar-refractivity contribution is -0.863. The zero-order valence-electron chi connectivity index (χ0n) is 15.3. The third kappa shape index (κ3) is 6.20. The Balaban J connectivity index is 1.73. The Morgan fingerprint density at radius 2 is 1.75 bits per heavy atom. The van der Waals surface area contributed by atoms with E-state index < -0.39 is 41.5 Å². The number of likely N-dealkylation sites (N-methyl/N-ethyl adjacent to an activating group) is 1. The number of nitrogens with zero attached hydrogens (tertiary/aromatic N) is 1. The molecule has 0 saturated carbocycles. The number of anilines is 1. The second kappa shape index (κ2) is 10.0. The molecule has 154 valence electrons. The molecule has 0 aromatic heterocycles. The van der Waals surface area contributed by atoms with Gasteiger partial charge < -0.3 is 25.2 Å². The number of hydrogen-bond acceptors (Lipinski definition) is 4. The van der Waals surface area contributed by atoms with Crippen molar-refractivity contribution in [1.29, 1.82) is 0 Å². The first-order chi connectivity index (χ1) is 13.3. The molecule has 0 radical (unpaired) electrons. The van der Waals surface area contributed by atoms with Crippen molar-refractivity contribution in [2.75, 3.05) is 58.3 Å². The molecule has 11 heteroatoms. The van der Waals surface area contributed by atoms with Gasteiger partial charge >= 0.3 is 0 Å². The summed E-state index contributed by atoms with van der Waals surface area (Å²) in [5, 5.41) is 4.37. The fraction of sp³-hybridized carbons (Fsp3) is 0.471. The van der Waals surface area contributed by atoms with Crippen LogP contribution >= 0.6 is 0 Å². The van der Waals surface area contributed by atoms with Gasteiger partial charge in [-0.3, -0.25) is 14.4 Å². The van der Waals surface area contributed by atoms with Gasteiger partial charge in [-0.1, -0.05) is 0 Å². The van der Waals surface area contributed by atoms with Crippen molar-refractivity contribution in [3.05, 3.63) is 29.6 Å². The maximum absolute atomic E-state index is 13.5. The number of carbonyl (C=O) groups excluding carboxylic acids is 3. The Bertz CT molecular complexity index is 741. The Morgan fingerprint density at radius 1 is 1.07 bits per heavy atom. The highest BCUT2D eigenvalue weighted by atomic mass is 19.2. The van der Waals surface area contributed by atoms with Gasteiger partial charge in [-0.2, -0.15) is 0 Å². The summed E-state index contributed by atoms with van der Waals surface area (Å²) in [5.74, 6) is -5.99. The van der Waals surface area contributed by atoms with Crippen LogP contribution in [0.15, 0.2) is 12.1 Å². The van der Waals surface area contributed by atoms with Crippen molar-refractivity contribution >= 4 is 23.4 Å². The van der Waals surface area contributed by atoms with Gasteiger partial charge in [-0.05, 0) is 12.1 Å². The number of halogens is 3. The topological polar surface area (TPSA) is 92.2 Å². The van der Waals surface area contributed by atoms with Crippen molar-refractivity contribution in [3.8, 4) is 0 Å². The summed E-state index contributed by atoms with van der Waals surface area (Å²) in [4.78, 5) is 38.0. The second-order valence-corrected chi connectivity index (χ2v) is 6.35. The summed E-state index contributed by atoms with van der Waals surface area (Å²) < 4.78 is 44.7. The molecule has 28 heavy (non-hydrogen) atoms. The van der Waals surface area contributed by atoms with E-state index in [4.69, 9.17) is 4.74 Å². The molecule has 3 amide bonds. The maximum Gasteiger partial charge on any atom is 0.277 e. The van der Waals surface area contributed by atoms with Crippen LogP contribution in [-0.2, 0) is 19.1 Å². The Kier molecular flexibility index (Phi) is 7.76. The first kappa shape index (κ1) is 21.6. The number of quaternary nitrogens is 1. The molecule has 3 N–H and O–H groups in total. The number of benzene rings is 1. The third-order valence-corrected chi connectivity index (χ3v) is 4.03. The smallest absolute Gasteiger partial charge is 0.277 e. The molecule has 1 aromatic carbocycles. The van der Waals surface area contributed by atoms with Gasteiger partial charge in [0.25, 0.3) is 11.8 Å². The van der Waals surface area contributed by atoms with Gasteiger partial charge in [0, 0.05) is 13.1 Å². The summed E-state index contributed by atoms with van der Waals surface area (Å²) in [5.41, 5.74) is -0.531. The van der Waals surface area contributed by atoms with E-state index in [9.17, 15) is 27.6 Å². The number of morpholine rings is 1. The standard InChI is InChI=1S/C17H21F3N4O4/c1-23(10-15(27)24-4-6-28-7-5-24)9-14(26)21-8-13(25)22-12-3-2-11(18)16(19)17(12)20/h2-3H,4-10H2,1H3,(H,21,26)(H,22,25)/p+1. The molecule has 1 unspecified atom stereocenters. The number of hydrogen-bond donors (Lipinski definition) is 3. The SMILES string of the molecule is C[NH+](CC(=O)NCC(=O)Nc1ccc(F)c(F)c1F)CC(=O)N1CCOCC1. The fourth-order valence-electron chi connectivity index (χ4n) is 2.58. The summed E-state index contributed by atoms with van der Waals surface area (Å²) in [6, 6.07) is 1.55. The maximum atomic E-state index is 13.5. The summed E-state index contributed by atoms with van der Waals surface area (Å²) in [6.45, 7) is 1.57. The minimum absolute atomic E-state index is 0.0527. The minimum atomic E-state index is -1.70. The molecule has 2 rings (SSSR count). The first-order valence-electron chi connectivity index (χ1n) is 8.64. The summed E-state index contributed by atoms with van der Waals surface area (Å²) in [6.07, 6.45) is 0. The predicted molar refractivity (Wildman–Crippen MR) is 92.0 cm³/mol. The molecule has 1 saturated heterocycles. The van der Waals surface area contributed by atoms with Crippen LogP contribution < -0.4 is 15.5 Å². The van der Waals surface area contributed by atoms with E-state index in [1.54, 1.807) is 11.9 Å². The van der Waals surface area contributed by atoms with Gasteiger partial charge in [0.1, 0.15) is 0 Å². The van der Waals surface area contributed by atoms with Crippen LogP contribution in [0.25, 0.3) is 0 Å². The highest BCUT2D eigenvalue weighted by Crippen LogP contribution is 2.19. The molecule has 1 aliphatic heterocycles. The van der Waals surface area contributed by atoms with Crippen LogP contribution in [0, 0.1) is 17.5 Å². The monoisotopic (exact) mass is 403 g/mol. The van der Waals surface area contributed by atoms with Crippen molar-refractivity contribution in [2.24, 2.45) is 0 Å². The highest BCUT2D eigenvalue weighted by Gasteiger charge is 2.22. The van der Waals surface area contributed by atoms with Crippen molar-refractivity contribution in [1.82, 2.24) is 10.2 Å². The average Bonchev–Trinajstić information content (AvgIpc) is 2.67. The number of rotatable bonds is 7. The predicted octanol–water partition coefficient (Wildman–Crippen LogP) is -1.47. The number of ether oxygens (including phenoxy) is 1.